The number of carbonyl (C=O) groups is 2. The second kappa shape index (κ2) is 8.21. The molecule has 24 heavy (non-hydrogen) atoms. The van der Waals surface area contributed by atoms with Gasteiger partial charge >= 0.3 is 5.97 Å². The van der Waals surface area contributed by atoms with Crippen molar-refractivity contribution in [2.75, 3.05) is 17.2 Å². The van der Waals surface area contributed by atoms with Crippen molar-refractivity contribution < 1.29 is 14.3 Å². The quantitative estimate of drug-likeness (QED) is 0.488. The summed E-state index contributed by atoms with van der Waals surface area (Å²) in [6.07, 6.45) is 0. The van der Waals surface area contributed by atoms with Crippen molar-refractivity contribution in [1.29, 1.82) is 0 Å². The van der Waals surface area contributed by atoms with E-state index in [1.54, 1.807) is 55.5 Å². The fraction of sp³-hybridized carbons (Fsp3) is 0.167. The highest BCUT2D eigenvalue weighted by Crippen LogP contribution is 2.13. The number of benzene rings is 2. The molecule has 5 nitrogen and oxygen atoms in total. The van der Waals surface area contributed by atoms with E-state index in [-0.39, 0.29) is 11.8 Å². The lowest BCUT2D eigenvalue weighted by atomic mass is 10.1. The number of nitrogens with one attached hydrogen (secondary N) is 2. The Kier molecular flexibility index (Phi) is 6.03. The largest absolute Gasteiger partial charge is 0.462 e. The van der Waals surface area contributed by atoms with Crippen LogP contribution in [-0.2, 0) is 4.74 Å². The van der Waals surface area contributed by atoms with Crippen molar-refractivity contribution in [3.8, 4) is 0 Å². The predicted molar refractivity (Wildman–Crippen MR) is 98.7 cm³/mol. The zero-order valence-electron chi connectivity index (χ0n) is 13.5. The first-order chi connectivity index (χ1) is 11.5. The molecule has 0 aliphatic heterocycles. The van der Waals surface area contributed by atoms with Gasteiger partial charge in [0, 0.05) is 16.9 Å². The highest BCUT2D eigenvalue weighted by molar-refractivity contribution is 7.80. The van der Waals surface area contributed by atoms with Crippen molar-refractivity contribution in [3.63, 3.8) is 0 Å². The van der Waals surface area contributed by atoms with Crippen molar-refractivity contribution in [2.45, 2.75) is 13.8 Å². The second-order valence-corrected chi connectivity index (χ2v) is 5.42. The van der Waals surface area contributed by atoms with Crippen LogP contribution in [0, 0.1) is 0 Å². The molecule has 0 spiro atoms. The fourth-order valence-corrected chi connectivity index (χ4v) is 2.22. The van der Waals surface area contributed by atoms with Crippen LogP contribution in [0.3, 0.4) is 0 Å². The summed E-state index contributed by atoms with van der Waals surface area (Å²) < 4.78 is 4.93. The first kappa shape index (κ1) is 17.6. The number of hydrogen-bond acceptors (Lipinski definition) is 4. The fourth-order valence-electron chi connectivity index (χ4n) is 1.99. The third-order valence-corrected chi connectivity index (χ3v) is 3.41. The smallest absolute Gasteiger partial charge is 0.338 e. The molecule has 0 radical (unpaired) electrons. The summed E-state index contributed by atoms with van der Waals surface area (Å²) in [6, 6.07) is 13.9. The Hall–Kier alpha value is -2.73. The molecule has 2 N–H and O–H groups in total. The van der Waals surface area contributed by atoms with Crippen LogP contribution in [0.2, 0.25) is 0 Å². The number of rotatable bonds is 5. The van der Waals surface area contributed by atoms with Crippen LogP contribution >= 0.6 is 12.2 Å². The van der Waals surface area contributed by atoms with Gasteiger partial charge in [0.25, 0.3) is 0 Å². The summed E-state index contributed by atoms with van der Waals surface area (Å²) in [7, 11) is 0. The maximum Gasteiger partial charge on any atom is 0.338 e. The molecule has 0 aromatic heterocycles. The van der Waals surface area contributed by atoms with E-state index in [9.17, 15) is 9.59 Å². The summed E-state index contributed by atoms with van der Waals surface area (Å²) >= 11 is 5.25. The Morgan fingerprint density at radius 3 is 1.79 bits per heavy atom. The molecule has 2 rings (SSSR count). The van der Waals surface area contributed by atoms with Crippen LogP contribution in [0.1, 0.15) is 34.6 Å². The van der Waals surface area contributed by atoms with Gasteiger partial charge in [0.15, 0.2) is 10.9 Å². The number of Topliss-reactive ketones (excluding diaryl/α,β-unsaturated/α-hetero) is 1. The van der Waals surface area contributed by atoms with Gasteiger partial charge in [0.1, 0.15) is 0 Å². The van der Waals surface area contributed by atoms with E-state index in [4.69, 9.17) is 17.0 Å². The summed E-state index contributed by atoms with van der Waals surface area (Å²) in [5, 5.41) is 6.47. The van der Waals surface area contributed by atoms with Gasteiger partial charge in [-0.15, -0.1) is 0 Å². The minimum absolute atomic E-state index is 0.0175. The average molecular weight is 342 g/mol. The molecule has 2 aromatic carbocycles. The third-order valence-electron chi connectivity index (χ3n) is 3.20. The van der Waals surface area contributed by atoms with Crippen LogP contribution in [0.15, 0.2) is 48.5 Å². The normalized spacial score (nSPS) is 9.92. The van der Waals surface area contributed by atoms with Crippen LogP contribution in [0.4, 0.5) is 11.4 Å². The van der Waals surface area contributed by atoms with E-state index >= 15 is 0 Å². The first-order valence-electron chi connectivity index (χ1n) is 7.46. The SMILES string of the molecule is CCOC(=O)c1ccc(NC(=S)Nc2ccc(C(C)=O)cc2)cc1. The van der Waals surface area contributed by atoms with E-state index in [0.717, 1.165) is 11.4 Å². The van der Waals surface area contributed by atoms with Gasteiger partial charge in [-0.25, -0.2) is 4.79 Å². The summed E-state index contributed by atoms with van der Waals surface area (Å²) in [4.78, 5) is 22.8. The molecule has 0 aliphatic rings. The molecule has 0 fully saturated rings. The summed E-state index contributed by atoms with van der Waals surface area (Å²) in [5.74, 6) is -0.334. The van der Waals surface area contributed by atoms with E-state index in [1.165, 1.54) is 6.92 Å². The third kappa shape index (κ3) is 4.89. The Morgan fingerprint density at radius 2 is 1.38 bits per heavy atom. The van der Waals surface area contributed by atoms with Crippen molar-refractivity contribution in [1.82, 2.24) is 0 Å². The average Bonchev–Trinajstić information content (AvgIpc) is 2.56. The van der Waals surface area contributed by atoms with Crippen LogP contribution in [0.5, 0.6) is 0 Å². The molecule has 124 valence electrons. The second-order valence-electron chi connectivity index (χ2n) is 5.01. The number of anilines is 2. The number of thiocarbonyl (C=S) groups is 1. The lowest BCUT2D eigenvalue weighted by molar-refractivity contribution is 0.0526. The molecular formula is C18H18N2O3S. The zero-order chi connectivity index (χ0) is 17.5. The Morgan fingerprint density at radius 1 is 0.917 bits per heavy atom. The Balaban J connectivity index is 1.94. The molecule has 0 atom stereocenters. The van der Waals surface area contributed by atoms with Gasteiger partial charge in [-0.05, 0) is 74.6 Å². The standard InChI is InChI=1S/C18H18N2O3S/c1-3-23-17(22)14-6-10-16(11-7-14)20-18(24)19-15-8-4-13(5-9-15)12(2)21/h4-11H,3H2,1-2H3,(H2,19,20,24). The predicted octanol–water partition coefficient (Wildman–Crippen LogP) is 3.87. The molecule has 0 aliphatic carbocycles. The van der Waals surface area contributed by atoms with Gasteiger partial charge in [-0.3, -0.25) is 4.79 Å². The minimum Gasteiger partial charge on any atom is -0.462 e. The number of carbonyl (C=O) groups excluding carboxylic acids is 2. The van der Waals surface area contributed by atoms with Gasteiger partial charge in [-0.1, -0.05) is 0 Å². The topological polar surface area (TPSA) is 67.4 Å². The van der Waals surface area contributed by atoms with E-state index in [2.05, 4.69) is 10.6 Å². The number of esters is 1. The summed E-state index contributed by atoms with van der Waals surface area (Å²) in [5.41, 5.74) is 2.66. The van der Waals surface area contributed by atoms with E-state index in [1.807, 2.05) is 0 Å². The van der Waals surface area contributed by atoms with E-state index < -0.39 is 0 Å². The van der Waals surface area contributed by atoms with Crippen LogP contribution in [-0.4, -0.2) is 23.5 Å². The lowest BCUT2D eigenvalue weighted by Gasteiger charge is -2.11. The highest BCUT2D eigenvalue weighted by atomic mass is 32.1. The molecule has 0 bridgehead atoms. The molecule has 0 heterocycles. The monoisotopic (exact) mass is 342 g/mol. The van der Waals surface area contributed by atoms with Gasteiger partial charge in [0.05, 0.1) is 12.2 Å². The molecule has 0 saturated carbocycles. The summed E-state index contributed by atoms with van der Waals surface area (Å²) in [6.45, 7) is 3.63. The molecule has 6 heteroatoms. The molecular weight excluding hydrogens is 324 g/mol. The minimum atomic E-state index is -0.352. The van der Waals surface area contributed by atoms with Crippen molar-refractivity contribution in [3.05, 3.63) is 59.7 Å². The Labute approximate surface area is 146 Å². The molecule has 0 unspecified atom stereocenters. The number of ketones is 1. The lowest BCUT2D eigenvalue weighted by Crippen LogP contribution is -2.19. The van der Waals surface area contributed by atoms with Gasteiger partial charge in [0.2, 0.25) is 0 Å². The van der Waals surface area contributed by atoms with Gasteiger partial charge in [-0.2, -0.15) is 0 Å². The maximum atomic E-state index is 11.6. The maximum absolute atomic E-state index is 11.6. The van der Waals surface area contributed by atoms with Crippen LogP contribution < -0.4 is 10.6 Å². The number of hydrogen-bond donors (Lipinski definition) is 2. The molecule has 0 saturated heterocycles. The van der Waals surface area contributed by atoms with E-state index in [0.29, 0.717) is 22.8 Å². The molecule has 2 aromatic rings. The molecule has 0 amide bonds. The first-order valence-corrected chi connectivity index (χ1v) is 7.86. The zero-order valence-corrected chi connectivity index (χ0v) is 14.3. The Bertz CT molecular complexity index is 740. The van der Waals surface area contributed by atoms with Crippen LogP contribution in [0.25, 0.3) is 0 Å². The van der Waals surface area contributed by atoms with Gasteiger partial charge < -0.3 is 15.4 Å². The van der Waals surface area contributed by atoms with Crippen molar-refractivity contribution in [2.24, 2.45) is 0 Å². The highest BCUT2D eigenvalue weighted by Gasteiger charge is 2.06. The van der Waals surface area contributed by atoms with Crippen molar-refractivity contribution >= 4 is 40.5 Å². The number of ether oxygens (including phenoxy) is 1.